The molecule has 0 saturated heterocycles. The van der Waals surface area contributed by atoms with Crippen LogP contribution in [0.15, 0.2) is 0 Å². The highest BCUT2D eigenvalue weighted by Crippen LogP contribution is 2.39. The van der Waals surface area contributed by atoms with Crippen molar-refractivity contribution in [3.05, 3.63) is 0 Å². The van der Waals surface area contributed by atoms with Gasteiger partial charge in [0.25, 0.3) is 0 Å². The molecular formula is C9H13F6NO2S. The molecule has 0 fully saturated rings. The molecule has 0 aliphatic heterocycles. The molecule has 3 nitrogen and oxygen atoms in total. The van der Waals surface area contributed by atoms with Gasteiger partial charge >= 0.3 is 12.4 Å². The van der Waals surface area contributed by atoms with Gasteiger partial charge in [0, 0.05) is 11.3 Å². The molecule has 0 saturated carbocycles. The first-order valence-corrected chi connectivity index (χ1v) is 6.31. The van der Waals surface area contributed by atoms with Crippen molar-refractivity contribution in [1.29, 1.82) is 0 Å². The summed E-state index contributed by atoms with van der Waals surface area (Å²) in [6.45, 7) is 0.740. The number of halogens is 6. The summed E-state index contributed by atoms with van der Waals surface area (Å²) in [4.78, 5) is 11.1. The van der Waals surface area contributed by atoms with Gasteiger partial charge in [0.2, 0.25) is 11.8 Å². The molecule has 114 valence electrons. The first-order valence-electron chi connectivity index (χ1n) is 5.02. The average Bonchev–Trinajstić information content (AvgIpc) is 2.13. The highest BCUT2D eigenvalue weighted by Gasteiger charge is 2.61. The van der Waals surface area contributed by atoms with Crippen molar-refractivity contribution in [2.24, 2.45) is 5.92 Å². The fraction of sp³-hybridized carbons (Fsp3) is 0.889. The van der Waals surface area contributed by atoms with Gasteiger partial charge in [0.05, 0.1) is 6.61 Å². The van der Waals surface area contributed by atoms with Gasteiger partial charge in [0.1, 0.15) is 0 Å². The zero-order chi connectivity index (χ0) is 15.4. The smallest absolute Gasteiger partial charge is 0.395 e. The average molecular weight is 313 g/mol. The summed E-state index contributed by atoms with van der Waals surface area (Å²) < 4.78 is 73.5. The maximum Gasteiger partial charge on any atom is 0.409 e. The standard InChI is InChI=1S/C9H13F6NO2S/c1-4(5(3-17)19-2)16-7(18)6(8(10,11)12)9(13,14)15/h4-6,17H,3H2,1-2H3,(H,16,18). The van der Waals surface area contributed by atoms with Gasteiger partial charge in [-0.2, -0.15) is 38.1 Å². The molecule has 0 bridgehead atoms. The SMILES string of the molecule is CSC(CO)C(C)NC(=O)C(C(F)(F)F)C(F)(F)F. The summed E-state index contributed by atoms with van der Waals surface area (Å²) in [5, 5.41) is 9.80. The zero-order valence-corrected chi connectivity index (χ0v) is 10.8. The minimum absolute atomic E-state index is 0.481. The van der Waals surface area contributed by atoms with Crippen LogP contribution in [0.2, 0.25) is 0 Å². The molecule has 0 radical (unpaired) electrons. The number of hydrogen-bond acceptors (Lipinski definition) is 3. The van der Waals surface area contributed by atoms with E-state index in [2.05, 4.69) is 0 Å². The third-order valence-electron chi connectivity index (χ3n) is 2.33. The molecule has 0 rings (SSSR count). The van der Waals surface area contributed by atoms with Crippen molar-refractivity contribution in [3.63, 3.8) is 0 Å². The molecule has 0 spiro atoms. The number of thioether (sulfide) groups is 1. The molecule has 19 heavy (non-hydrogen) atoms. The quantitative estimate of drug-likeness (QED) is 0.763. The van der Waals surface area contributed by atoms with E-state index in [1.54, 1.807) is 5.32 Å². The van der Waals surface area contributed by atoms with Crippen LogP contribution >= 0.6 is 11.8 Å². The number of aliphatic hydroxyl groups excluding tert-OH is 1. The Hall–Kier alpha value is -0.640. The molecule has 0 heterocycles. The third-order valence-corrected chi connectivity index (χ3v) is 3.49. The molecule has 0 aliphatic rings. The van der Waals surface area contributed by atoms with Crippen LogP contribution in [0.5, 0.6) is 0 Å². The van der Waals surface area contributed by atoms with Gasteiger partial charge in [0.15, 0.2) is 0 Å². The van der Waals surface area contributed by atoms with Crippen LogP contribution in [-0.2, 0) is 4.79 Å². The Balaban J connectivity index is 4.95. The Kier molecular flexibility index (Phi) is 6.46. The lowest BCUT2D eigenvalue weighted by atomic mass is 10.1. The summed E-state index contributed by atoms with van der Waals surface area (Å²) in [7, 11) is 0. The van der Waals surface area contributed by atoms with Crippen molar-refractivity contribution in [2.75, 3.05) is 12.9 Å². The van der Waals surface area contributed by atoms with E-state index < -0.39 is 42.1 Å². The van der Waals surface area contributed by atoms with Gasteiger partial charge in [-0.05, 0) is 13.2 Å². The summed E-state index contributed by atoms with van der Waals surface area (Å²) in [6.07, 6.45) is -9.92. The number of alkyl halides is 6. The zero-order valence-electron chi connectivity index (χ0n) is 9.97. The fourth-order valence-electron chi connectivity index (χ4n) is 1.32. The Morgan fingerprint density at radius 1 is 1.21 bits per heavy atom. The van der Waals surface area contributed by atoms with E-state index in [1.165, 1.54) is 13.2 Å². The van der Waals surface area contributed by atoms with Crippen LogP contribution in [-0.4, -0.2) is 47.5 Å². The Morgan fingerprint density at radius 2 is 1.63 bits per heavy atom. The second-order valence-corrected chi connectivity index (χ2v) is 4.85. The number of carbonyl (C=O) groups excluding carboxylic acids is 1. The third kappa shape index (κ3) is 5.47. The van der Waals surface area contributed by atoms with E-state index in [1.807, 2.05) is 0 Å². The van der Waals surface area contributed by atoms with E-state index >= 15 is 0 Å². The van der Waals surface area contributed by atoms with E-state index in [4.69, 9.17) is 5.11 Å². The molecule has 1 amide bonds. The normalized spacial score (nSPS) is 16.3. The molecule has 0 aromatic rings. The molecule has 0 aromatic carbocycles. The minimum Gasteiger partial charge on any atom is -0.395 e. The fourth-order valence-corrected chi connectivity index (χ4v) is 1.95. The molecule has 2 N–H and O–H groups in total. The molecule has 2 unspecified atom stereocenters. The minimum atomic E-state index is -5.71. The second-order valence-electron chi connectivity index (χ2n) is 3.77. The molecule has 0 aromatic heterocycles. The van der Waals surface area contributed by atoms with Gasteiger partial charge < -0.3 is 10.4 Å². The van der Waals surface area contributed by atoms with E-state index in [0.717, 1.165) is 11.8 Å². The van der Waals surface area contributed by atoms with Crippen LogP contribution < -0.4 is 5.32 Å². The maximum atomic E-state index is 12.2. The summed E-state index contributed by atoms with van der Waals surface area (Å²) in [5.41, 5.74) is 0. The summed E-state index contributed by atoms with van der Waals surface area (Å²) in [6, 6.07) is -1.03. The highest BCUT2D eigenvalue weighted by molar-refractivity contribution is 7.99. The first kappa shape index (κ1) is 18.4. The van der Waals surface area contributed by atoms with Crippen molar-refractivity contribution < 1.29 is 36.2 Å². The Bertz CT molecular complexity index is 288. The number of rotatable bonds is 5. The Morgan fingerprint density at radius 3 is 1.89 bits per heavy atom. The maximum absolute atomic E-state index is 12.2. The van der Waals surface area contributed by atoms with E-state index in [-0.39, 0.29) is 0 Å². The van der Waals surface area contributed by atoms with Crippen LogP contribution in [0.3, 0.4) is 0 Å². The topological polar surface area (TPSA) is 49.3 Å². The van der Waals surface area contributed by atoms with Crippen molar-refractivity contribution in [2.45, 2.75) is 30.6 Å². The lowest BCUT2D eigenvalue weighted by Crippen LogP contribution is -2.52. The van der Waals surface area contributed by atoms with E-state index in [9.17, 15) is 31.1 Å². The van der Waals surface area contributed by atoms with Crippen LogP contribution in [0.25, 0.3) is 0 Å². The molecule has 2 atom stereocenters. The molecule has 10 heteroatoms. The largest absolute Gasteiger partial charge is 0.409 e. The highest BCUT2D eigenvalue weighted by atomic mass is 32.2. The predicted octanol–water partition coefficient (Wildman–Crippen LogP) is 1.96. The van der Waals surface area contributed by atoms with Crippen LogP contribution in [0.1, 0.15) is 6.92 Å². The first-order chi connectivity index (χ1) is 8.45. The lowest BCUT2D eigenvalue weighted by Gasteiger charge is -2.26. The summed E-state index contributed by atoms with van der Waals surface area (Å²) in [5.74, 6) is -6.23. The summed E-state index contributed by atoms with van der Waals surface area (Å²) >= 11 is 1.02. The predicted molar refractivity (Wildman–Crippen MR) is 57.6 cm³/mol. The number of aliphatic hydroxyl groups is 1. The van der Waals surface area contributed by atoms with E-state index in [0.29, 0.717) is 0 Å². The van der Waals surface area contributed by atoms with Gasteiger partial charge in [-0.3, -0.25) is 4.79 Å². The van der Waals surface area contributed by atoms with Crippen molar-refractivity contribution in [1.82, 2.24) is 5.32 Å². The molecule has 0 aliphatic carbocycles. The number of nitrogens with one attached hydrogen (secondary N) is 1. The van der Waals surface area contributed by atoms with Crippen LogP contribution in [0.4, 0.5) is 26.3 Å². The number of carbonyl (C=O) groups is 1. The van der Waals surface area contributed by atoms with Crippen LogP contribution in [0, 0.1) is 5.92 Å². The molecular weight excluding hydrogens is 300 g/mol. The second kappa shape index (κ2) is 6.69. The Labute approximate surface area is 109 Å². The lowest BCUT2D eigenvalue weighted by molar-refractivity contribution is -0.274. The monoisotopic (exact) mass is 313 g/mol. The van der Waals surface area contributed by atoms with Crippen molar-refractivity contribution in [3.8, 4) is 0 Å². The van der Waals surface area contributed by atoms with Gasteiger partial charge in [-0.15, -0.1) is 0 Å². The van der Waals surface area contributed by atoms with Crippen molar-refractivity contribution >= 4 is 17.7 Å². The van der Waals surface area contributed by atoms with Gasteiger partial charge in [-0.1, -0.05) is 0 Å². The van der Waals surface area contributed by atoms with Gasteiger partial charge in [-0.25, -0.2) is 0 Å². The number of hydrogen-bond donors (Lipinski definition) is 2. The number of amides is 1.